The molecule has 0 saturated carbocycles. The normalized spacial score (nSPS) is 9.59. The van der Waals surface area contributed by atoms with Crippen LogP contribution in [0.1, 0.15) is 25.0 Å². The van der Waals surface area contributed by atoms with Crippen molar-refractivity contribution in [3.05, 3.63) is 17.8 Å². The maximum Gasteiger partial charge on any atom is 0.217 e. The molecule has 90 valence electrons. The minimum absolute atomic E-state index is 0.215. The number of hydrogen-bond acceptors (Lipinski definition) is 5. The van der Waals surface area contributed by atoms with Crippen LogP contribution in [-0.2, 0) is 4.79 Å². The lowest BCUT2D eigenvalue weighted by molar-refractivity contribution is -0.118. The van der Waals surface area contributed by atoms with Crippen LogP contribution in [-0.4, -0.2) is 17.4 Å². The van der Waals surface area contributed by atoms with Crippen molar-refractivity contribution >= 4 is 17.4 Å². The summed E-state index contributed by atoms with van der Waals surface area (Å²) >= 11 is 0. The molecule has 1 aromatic heterocycles. The molecule has 0 aliphatic rings. The minimum atomic E-state index is -0.289. The molecule has 1 rings (SSSR count). The van der Waals surface area contributed by atoms with Gasteiger partial charge in [0, 0.05) is 13.0 Å². The summed E-state index contributed by atoms with van der Waals surface area (Å²) in [6, 6.07) is 5.26. The molecule has 1 aromatic rings. The first-order valence-corrected chi connectivity index (χ1v) is 5.32. The molecule has 17 heavy (non-hydrogen) atoms. The van der Waals surface area contributed by atoms with Gasteiger partial charge in [0.2, 0.25) is 5.91 Å². The van der Waals surface area contributed by atoms with Crippen LogP contribution >= 0.6 is 0 Å². The predicted molar refractivity (Wildman–Crippen MR) is 64.9 cm³/mol. The highest BCUT2D eigenvalue weighted by atomic mass is 16.1. The summed E-state index contributed by atoms with van der Waals surface area (Å²) in [5.74, 6) is 0.317. The van der Waals surface area contributed by atoms with Crippen molar-refractivity contribution < 1.29 is 4.79 Å². The number of rotatable bonds is 6. The van der Waals surface area contributed by atoms with Gasteiger partial charge in [0.25, 0.3) is 0 Å². The minimum Gasteiger partial charge on any atom is -0.396 e. The first kappa shape index (κ1) is 12.8. The summed E-state index contributed by atoms with van der Waals surface area (Å²) in [7, 11) is 0. The van der Waals surface area contributed by atoms with Crippen molar-refractivity contribution in [1.29, 1.82) is 5.26 Å². The van der Waals surface area contributed by atoms with E-state index in [-0.39, 0.29) is 11.6 Å². The summed E-state index contributed by atoms with van der Waals surface area (Å²) < 4.78 is 0. The Hall–Kier alpha value is -2.29. The van der Waals surface area contributed by atoms with Crippen LogP contribution in [0.25, 0.3) is 0 Å². The molecule has 0 aliphatic heterocycles. The molecule has 5 N–H and O–H groups in total. The average Bonchev–Trinajstić information content (AvgIpc) is 2.30. The van der Waals surface area contributed by atoms with Crippen molar-refractivity contribution in [2.75, 3.05) is 17.6 Å². The molecule has 0 fully saturated rings. The molecule has 0 unspecified atom stereocenters. The van der Waals surface area contributed by atoms with Crippen LogP contribution < -0.4 is 16.8 Å². The van der Waals surface area contributed by atoms with Gasteiger partial charge in [0.15, 0.2) is 5.69 Å². The Morgan fingerprint density at radius 1 is 1.47 bits per heavy atom. The van der Waals surface area contributed by atoms with E-state index >= 15 is 0 Å². The van der Waals surface area contributed by atoms with Gasteiger partial charge in [-0.2, -0.15) is 5.26 Å². The average molecular weight is 233 g/mol. The Balaban J connectivity index is 2.37. The zero-order valence-electron chi connectivity index (χ0n) is 9.44. The smallest absolute Gasteiger partial charge is 0.217 e. The Kier molecular flexibility index (Phi) is 4.76. The zero-order chi connectivity index (χ0) is 12.7. The molecule has 1 heterocycles. The maximum absolute atomic E-state index is 10.5. The summed E-state index contributed by atoms with van der Waals surface area (Å²) in [5, 5.41) is 11.8. The number of nitrogen functional groups attached to an aromatic ring is 1. The van der Waals surface area contributed by atoms with Crippen molar-refractivity contribution in [3.8, 4) is 6.07 Å². The van der Waals surface area contributed by atoms with E-state index in [1.807, 2.05) is 6.07 Å². The van der Waals surface area contributed by atoms with E-state index < -0.39 is 0 Å². The number of hydrogen-bond donors (Lipinski definition) is 3. The van der Waals surface area contributed by atoms with Gasteiger partial charge < -0.3 is 16.8 Å². The third kappa shape index (κ3) is 4.38. The number of nitrogens with one attached hydrogen (secondary N) is 1. The molecule has 0 saturated heterocycles. The lowest BCUT2D eigenvalue weighted by Gasteiger charge is -2.06. The first-order valence-electron chi connectivity index (χ1n) is 5.32. The van der Waals surface area contributed by atoms with E-state index in [1.54, 1.807) is 12.1 Å². The van der Waals surface area contributed by atoms with Gasteiger partial charge in [-0.15, -0.1) is 0 Å². The van der Waals surface area contributed by atoms with Crippen LogP contribution in [0.3, 0.4) is 0 Å². The largest absolute Gasteiger partial charge is 0.396 e. The molecule has 0 atom stereocenters. The molecular formula is C11H15N5O. The highest BCUT2D eigenvalue weighted by molar-refractivity contribution is 5.73. The molecule has 0 radical (unpaired) electrons. The fourth-order valence-electron chi connectivity index (χ4n) is 1.30. The lowest BCUT2D eigenvalue weighted by atomic mass is 10.2. The molecule has 0 aliphatic carbocycles. The second kappa shape index (κ2) is 6.33. The first-order chi connectivity index (χ1) is 8.13. The molecule has 0 spiro atoms. The number of aromatic nitrogens is 1. The van der Waals surface area contributed by atoms with Crippen LogP contribution in [0.5, 0.6) is 0 Å². The number of amides is 1. The number of anilines is 2. The van der Waals surface area contributed by atoms with Gasteiger partial charge >= 0.3 is 0 Å². The van der Waals surface area contributed by atoms with Gasteiger partial charge in [-0.1, -0.05) is 0 Å². The SMILES string of the molecule is N#Cc1nc(NCCCCC(N)=O)ccc1N. The fourth-order valence-corrected chi connectivity index (χ4v) is 1.30. The van der Waals surface area contributed by atoms with Gasteiger partial charge in [-0.25, -0.2) is 4.98 Å². The van der Waals surface area contributed by atoms with Crippen LogP contribution in [0.15, 0.2) is 12.1 Å². The molecule has 0 bridgehead atoms. The number of carbonyl (C=O) groups excluding carboxylic acids is 1. The van der Waals surface area contributed by atoms with Crippen molar-refractivity contribution in [2.45, 2.75) is 19.3 Å². The van der Waals surface area contributed by atoms with E-state index in [4.69, 9.17) is 16.7 Å². The van der Waals surface area contributed by atoms with Crippen molar-refractivity contribution in [2.24, 2.45) is 5.73 Å². The summed E-state index contributed by atoms with van der Waals surface area (Å²) in [6.07, 6.45) is 1.94. The predicted octanol–water partition coefficient (Wildman–Crippen LogP) is 0.603. The topological polar surface area (TPSA) is 118 Å². The number of carbonyl (C=O) groups is 1. The second-order valence-corrected chi connectivity index (χ2v) is 3.60. The van der Waals surface area contributed by atoms with E-state index in [9.17, 15) is 4.79 Å². The van der Waals surface area contributed by atoms with Gasteiger partial charge in [-0.05, 0) is 25.0 Å². The number of pyridine rings is 1. The van der Waals surface area contributed by atoms with Crippen LogP contribution in [0.4, 0.5) is 11.5 Å². The second-order valence-electron chi connectivity index (χ2n) is 3.60. The molecular weight excluding hydrogens is 218 g/mol. The third-order valence-corrected chi connectivity index (χ3v) is 2.19. The molecule has 0 aromatic carbocycles. The summed E-state index contributed by atoms with van der Waals surface area (Å²) in [6.45, 7) is 0.676. The number of unbranched alkanes of at least 4 members (excludes halogenated alkanes) is 1. The molecule has 6 nitrogen and oxygen atoms in total. The van der Waals surface area contributed by atoms with Crippen molar-refractivity contribution in [3.63, 3.8) is 0 Å². The number of nitrogens with zero attached hydrogens (tertiary/aromatic N) is 2. The number of nitrogens with two attached hydrogens (primary N) is 2. The monoisotopic (exact) mass is 233 g/mol. The Labute approximate surface area is 99.6 Å². The van der Waals surface area contributed by atoms with Crippen molar-refractivity contribution in [1.82, 2.24) is 4.98 Å². The summed E-state index contributed by atoms with van der Waals surface area (Å²) in [5.41, 5.74) is 11.1. The van der Waals surface area contributed by atoms with E-state index in [0.29, 0.717) is 24.5 Å². The Morgan fingerprint density at radius 3 is 2.88 bits per heavy atom. The molecule has 1 amide bonds. The van der Waals surface area contributed by atoms with Gasteiger partial charge in [0.1, 0.15) is 11.9 Å². The third-order valence-electron chi connectivity index (χ3n) is 2.19. The molecule has 6 heteroatoms. The van der Waals surface area contributed by atoms with Crippen LogP contribution in [0.2, 0.25) is 0 Å². The zero-order valence-corrected chi connectivity index (χ0v) is 9.44. The van der Waals surface area contributed by atoms with E-state index in [2.05, 4.69) is 10.3 Å². The van der Waals surface area contributed by atoms with Gasteiger partial charge in [0.05, 0.1) is 5.69 Å². The van der Waals surface area contributed by atoms with Crippen LogP contribution in [0, 0.1) is 11.3 Å². The Bertz CT molecular complexity index is 438. The highest BCUT2D eigenvalue weighted by Gasteiger charge is 2.01. The number of primary amides is 1. The van der Waals surface area contributed by atoms with E-state index in [1.165, 1.54) is 0 Å². The maximum atomic E-state index is 10.5. The van der Waals surface area contributed by atoms with Gasteiger partial charge in [-0.3, -0.25) is 4.79 Å². The highest BCUT2D eigenvalue weighted by Crippen LogP contribution is 2.12. The number of nitriles is 1. The summed E-state index contributed by atoms with van der Waals surface area (Å²) in [4.78, 5) is 14.5. The van der Waals surface area contributed by atoms with E-state index in [0.717, 1.165) is 12.8 Å². The quantitative estimate of drug-likeness (QED) is 0.622. The Morgan fingerprint density at radius 2 is 2.24 bits per heavy atom. The fraction of sp³-hybridized carbons (Fsp3) is 0.364. The standard InChI is InChI=1S/C11H15N5O/c12-7-9-8(13)4-5-11(16-9)15-6-2-1-3-10(14)17/h4-5H,1-3,6,13H2,(H2,14,17)(H,15,16). The lowest BCUT2D eigenvalue weighted by Crippen LogP contribution is -2.11.